The smallest absolute Gasteiger partial charge is 0.143 e. The summed E-state index contributed by atoms with van der Waals surface area (Å²) in [6.45, 7) is 0. The summed E-state index contributed by atoms with van der Waals surface area (Å²) in [5, 5.41) is 0. The Kier molecular flexibility index (Phi) is 4.20. The normalized spacial score (nSPS) is 10.3. The fourth-order valence-electron chi connectivity index (χ4n) is 1.63. The minimum atomic E-state index is -0.338. The van der Waals surface area contributed by atoms with Gasteiger partial charge >= 0.3 is 0 Å². The van der Waals surface area contributed by atoms with Crippen molar-refractivity contribution in [1.82, 2.24) is 4.98 Å². The number of nitrogens with zero attached hydrogens (tertiary/aromatic N) is 1. The SMILES string of the molecule is O=C(Cc1ccc(Br)cn1)Cc1ccccc1F. The van der Waals surface area contributed by atoms with Crippen LogP contribution in [0.5, 0.6) is 0 Å². The summed E-state index contributed by atoms with van der Waals surface area (Å²) in [6.07, 6.45) is 1.97. The highest BCUT2D eigenvalue weighted by atomic mass is 79.9. The Bertz CT molecular complexity index is 554. The van der Waals surface area contributed by atoms with Gasteiger partial charge < -0.3 is 0 Å². The summed E-state index contributed by atoms with van der Waals surface area (Å²) < 4.78 is 14.2. The molecule has 0 aliphatic heterocycles. The van der Waals surface area contributed by atoms with Gasteiger partial charge in [-0.15, -0.1) is 0 Å². The molecule has 2 aromatic rings. The summed E-state index contributed by atoms with van der Waals surface area (Å²) in [6, 6.07) is 9.94. The van der Waals surface area contributed by atoms with Crippen molar-refractivity contribution in [1.29, 1.82) is 0 Å². The lowest BCUT2D eigenvalue weighted by Crippen LogP contribution is -2.08. The van der Waals surface area contributed by atoms with Crippen molar-refractivity contribution in [2.45, 2.75) is 12.8 Å². The van der Waals surface area contributed by atoms with Crippen molar-refractivity contribution in [2.24, 2.45) is 0 Å². The topological polar surface area (TPSA) is 30.0 Å². The van der Waals surface area contributed by atoms with Gasteiger partial charge in [0.05, 0.1) is 0 Å². The molecule has 0 saturated carbocycles. The zero-order valence-corrected chi connectivity index (χ0v) is 11.2. The van der Waals surface area contributed by atoms with E-state index in [0.717, 1.165) is 4.47 Å². The van der Waals surface area contributed by atoms with E-state index in [0.29, 0.717) is 11.3 Å². The van der Waals surface area contributed by atoms with Crippen LogP contribution in [0.25, 0.3) is 0 Å². The van der Waals surface area contributed by atoms with Crippen molar-refractivity contribution in [3.05, 3.63) is 64.1 Å². The van der Waals surface area contributed by atoms with Crippen LogP contribution in [-0.4, -0.2) is 10.8 Å². The fourth-order valence-corrected chi connectivity index (χ4v) is 1.86. The molecule has 0 aliphatic rings. The summed E-state index contributed by atoms with van der Waals surface area (Å²) >= 11 is 3.28. The molecule has 0 bridgehead atoms. The molecule has 0 aliphatic carbocycles. The van der Waals surface area contributed by atoms with Crippen LogP contribution in [0.1, 0.15) is 11.3 Å². The van der Waals surface area contributed by atoms with Gasteiger partial charge in [0.25, 0.3) is 0 Å². The second-order valence-electron chi connectivity index (χ2n) is 3.95. The van der Waals surface area contributed by atoms with Gasteiger partial charge in [-0.05, 0) is 39.7 Å². The van der Waals surface area contributed by atoms with Crippen LogP contribution in [-0.2, 0) is 17.6 Å². The largest absolute Gasteiger partial charge is 0.299 e. The zero-order chi connectivity index (χ0) is 13.0. The Hall–Kier alpha value is -1.55. The molecule has 18 heavy (non-hydrogen) atoms. The molecule has 1 heterocycles. The molecule has 1 aromatic carbocycles. The van der Waals surface area contributed by atoms with Crippen molar-refractivity contribution >= 4 is 21.7 Å². The van der Waals surface area contributed by atoms with Crippen LogP contribution in [0.2, 0.25) is 0 Å². The average molecular weight is 308 g/mol. The van der Waals surface area contributed by atoms with Gasteiger partial charge in [0.15, 0.2) is 0 Å². The summed E-state index contributed by atoms with van der Waals surface area (Å²) in [4.78, 5) is 15.9. The molecular formula is C14H11BrFNO. The summed E-state index contributed by atoms with van der Waals surface area (Å²) in [5.41, 5.74) is 1.12. The Morgan fingerprint density at radius 1 is 1.17 bits per heavy atom. The molecule has 0 saturated heterocycles. The first kappa shape index (κ1) is 12.9. The molecule has 0 unspecified atom stereocenters. The van der Waals surface area contributed by atoms with E-state index in [-0.39, 0.29) is 24.4 Å². The Morgan fingerprint density at radius 3 is 2.61 bits per heavy atom. The lowest BCUT2D eigenvalue weighted by Gasteiger charge is -2.02. The second-order valence-corrected chi connectivity index (χ2v) is 4.87. The van der Waals surface area contributed by atoms with Gasteiger partial charge in [0.2, 0.25) is 0 Å². The summed E-state index contributed by atoms with van der Waals surface area (Å²) in [7, 11) is 0. The first-order valence-corrected chi connectivity index (χ1v) is 6.30. The third-order valence-electron chi connectivity index (χ3n) is 2.51. The minimum absolute atomic E-state index is 0.0464. The van der Waals surface area contributed by atoms with Crippen LogP contribution in [0, 0.1) is 5.82 Å². The molecule has 2 rings (SSSR count). The fraction of sp³-hybridized carbons (Fsp3) is 0.143. The lowest BCUT2D eigenvalue weighted by molar-refractivity contribution is -0.117. The van der Waals surface area contributed by atoms with Crippen molar-refractivity contribution in [2.75, 3.05) is 0 Å². The predicted octanol–water partition coefficient (Wildman–Crippen LogP) is 3.34. The number of benzene rings is 1. The predicted molar refractivity (Wildman–Crippen MR) is 70.8 cm³/mol. The van der Waals surface area contributed by atoms with Gasteiger partial charge in [-0.25, -0.2) is 4.39 Å². The number of hydrogen-bond donors (Lipinski definition) is 0. The van der Waals surface area contributed by atoms with Gasteiger partial charge in [0, 0.05) is 29.2 Å². The Labute approximate surface area is 113 Å². The zero-order valence-electron chi connectivity index (χ0n) is 9.57. The van der Waals surface area contributed by atoms with E-state index in [1.807, 2.05) is 6.07 Å². The van der Waals surface area contributed by atoms with Gasteiger partial charge in [-0.1, -0.05) is 18.2 Å². The molecule has 2 nitrogen and oxygen atoms in total. The highest BCUT2D eigenvalue weighted by Crippen LogP contribution is 2.11. The van der Waals surface area contributed by atoms with E-state index in [4.69, 9.17) is 0 Å². The molecule has 0 atom stereocenters. The Morgan fingerprint density at radius 2 is 1.94 bits per heavy atom. The number of halogens is 2. The number of Topliss-reactive ketones (excluding diaryl/α,β-unsaturated/α-hetero) is 1. The number of rotatable bonds is 4. The molecule has 92 valence electrons. The maximum atomic E-state index is 13.4. The maximum Gasteiger partial charge on any atom is 0.143 e. The van der Waals surface area contributed by atoms with Crippen LogP contribution < -0.4 is 0 Å². The van der Waals surface area contributed by atoms with Crippen molar-refractivity contribution in [3.8, 4) is 0 Å². The van der Waals surface area contributed by atoms with E-state index in [2.05, 4.69) is 20.9 Å². The first-order valence-electron chi connectivity index (χ1n) is 5.50. The Balaban J connectivity index is 2.01. The molecule has 0 amide bonds. The molecule has 0 spiro atoms. The number of carbonyl (C=O) groups excluding carboxylic acids is 1. The third-order valence-corrected chi connectivity index (χ3v) is 2.98. The standard InChI is InChI=1S/C14H11BrFNO/c15-11-5-6-12(17-9-11)8-13(18)7-10-3-1-2-4-14(10)16/h1-6,9H,7-8H2. The molecule has 0 fully saturated rings. The monoisotopic (exact) mass is 307 g/mol. The van der Waals surface area contributed by atoms with Crippen LogP contribution in [0.3, 0.4) is 0 Å². The number of carbonyl (C=O) groups is 1. The minimum Gasteiger partial charge on any atom is -0.299 e. The van der Waals surface area contributed by atoms with E-state index in [1.165, 1.54) is 6.07 Å². The number of ketones is 1. The first-order chi connectivity index (χ1) is 8.65. The second kappa shape index (κ2) is 5.87. The average Bonchev–Trinajstić information content (AvgIpc) is 2.35. The molecule has 1 aromatic heterocycles. The van der Waals surface area contributed by atoms with Gasteiger partial charge in [-0.2, -0.15) is 0 Å². The number of pyridine rings is 1. The van der Waals surface area contributed by atoms with Gasteiger partial charge in [-0.3, -0.25) is 9.78 Å². The lowest BCUT2D eigenvalue weighted by atomic mass is 10.1. The maximum absolute atomic E-state index is 13.4. The molecule has 4 heteroatoms. The van der Waals surface area contributed by atoms with Crippen LogP contribution in [0.4, 0.5) is 4.39 Å². The van der Waals surface area contributed by atoms with E-state index in [9.17, 15) is 9.18 Å². The summed E-state index contributed by atoms with van der Waals surface area (Å²) in [5.74, 6) is -0.385. The van der Waals surface area contributed by atoms with E-state index >= 15 is 0 Å². The van der Waals surface area contributed by atoms with Crippen LogP contribution >= 0.6 is 15.9 Å². The van der Waals surface area contributed by atoms with Crippen LogP contribution in [0.15, 0.2) is 47.1 Å². The quantitative estimate of drug-likeness (QED) is 0.867. The molecule has 0 N–H and O–H groups in total. The highest BCUT2D eigenvalue weighted by molar-refractivity contribution is 9.10. The number of aromatic nitrogens is 1. The molecule has 0 radical (unpaired) electrons. The van der Waals surface area contributed by atoms with E-state index in [1.54, 1.807) is 30.5 Å². The van der Waals surface area contributed by atoms with Crippen molar-refractivity contribution in [3.63, 3.8) is 0 Å². The van der Waals surface area contributed by atoms with E-state index < -0.39 is 0 Å². The third kappa shape index (κ3) is 3.47. The van der Waals surface area contributed by atoms with Gasteiger partial charge in [0.1, 0.15) is 11.6 Å². The van der Waals surface area contributed by atoms with Crippen molar-refractivity contribution < 1.29 is 9.18 Å². The molecular weight excluding hydrogens is 297 g/mol. The number of hydrogen-bond acceptors (Lipinski definition) is 2. The highest BCUT2D eigenvalue weighted by Gasteiger charge is 2.09.